The van der Waals surface area contributed by atoms with Gasteiger partial charge in [-0.2, -0.15) is 0 Å². The van der Waals surface area contributed by atoms with Crippen LogP contribution in [0.25, 0.3) is 6.08 Å². The van der Waals surface area contributed by atoms with Gasteiger partial charge in [0.25, 0.3) is 11.8 Å². The van der Waals surface area contributed by atoms with Gasteiger partial charge in [0.05, 0.1) is 13.7 Å². The number of carbonyl (C=O) groups excluding carboxylic acids is 4. The zero-order valence-electron chi connectivity index (χ0n) is 18.9. The Balaban J connectivity index is 1.42. The van der Waals surface area contributed by atoms with E-state index in [1.807, 2.05) is 0 Å². The van der Waals surface area contributed by atoms with Gasteiger partial charge in [0.15, 0.2) is 6.61 Å². The summed E-state index contributed by atoms with van der Waals surface area (Å²) in [6.45, 7) is -0.536. The van der Waals surface area contributed by atoms with E-state index < -0.39 is 29.6 Å². The number of methoxy groups -OCH3 is 1. The average Bonchev–Trinajstić information content (AvgIpc) is 3.45. The maximum absolute atomic E-state index is 13.0. The van der Waals surface area contributed by atoms with E-state index in [0.29, 0.717) is 17.0 Å². The molecule has 0 unspecified atom stereocenters. The smallest absolute Gasteiger partial charge is 0.373 e. The summed E-state index contributed by atoms with van der Waals surface area (Å²) in [6, 6.07) is 14.1. The minimum Gasteiger partial charge on any atom is -0.483 e. The molecule has 10 nitrogen and oxygen atoms in total. The number of nitrogens with zero attached hydrogens (tertiary/aromatic N) is 1. The molecule has 1 fully saturated rings. The van der Waals surface area contributed by atoms with Crippen molar-refractivity contribution in [3.8, 4) is 5.75 Å². The van der Waals surface area contributed by atoms with Crippen LogP contribution < -0.4 is 15.4 Å². The van der Waals surface area contributed by atoms with Crippen molar-refractivity contribution >= 4 is 35.6 Å². The number of halogens is 1. The number of carbonyl (C=O) groups is 4. The normalized spacial score (nSPS) is 14.1. The first-order chi connectivity index (χ1) is 17.3. The largest absolute Gasteiger partial charge is 0.483 e. The van der Waals surface area contributed by atoms with Gasteiger partial charge in [0.1, 0.15) is 23.0 Å². The maximum atomic E-state index is 13.0. The van der Waals surface area contributed by atoms with Gasteiger partial charge < -0.3 is 24.5 Å². The van der Waals surface area contributed by atoms with Crippen molar-refractivity contribution < 1.29 is 37.5 Å². The van der Waals surface area contributed by atoms with Crippen molar-refractivity contribution in [3.63, 3.8) is 0 Å². The maximum Gasteiger partial charge on any atom is 0.373 e. The molecule has 4 amide bonds. The number of hydrogen-bond donors (Lipinski definition) is 2. The third-order valence-corrected chi connectivity index (χ3v) is 5.03. The number of benzene rings is 2. The van der Waals surface area contributed by atoms with E-state index in [4.69, 9.17) is 9.15 Å². The molecule has 1 aliphatic rings. The first kappa shape index (κ1) is 24.2. The van der Waals surface area contributed by atoms with Crippen LogP contribution in [0, 0.1) is 5.82 Å². The number of esters is 1. The van der Waals surface area contributed by atoms with Gasteiger partial charge in [0, 0.05) is 11.3 Å². The van der Waals surface area contributed by atoms with Crippen molar-refractivity contribution in [2.45, 2.75) is 6.54 Å². The summed E-state index contributed by atoms with van der Waals surface area (Å²) in [7, 11) is 1.21. The molecule has 1 saturated heterocycles. The predicted octanol–water partition coefficient (Wildman–Crippen LogP) is 3.32. The van der Waals surface area contributed by atoms with E-state index in [9.17, 15) is 23.6 Å². The molecular formula is C25H20FN3O7. The Bertz CT molecular complexity index is 1350. The predicted molar refractivity (Wildman–Crippen MR) is 124 cm³/mol. The first-order valence-electron chi connectivity index (χ1n) is 10.6. The van der Waals surface area contributed by atoms with Crippen LogP contribution in [0.3, 0.4) is 0 Å². The van der Waals surface area contributed by atoms with Crippen molar-refractivity contribution in [3.05, 3.63) is 89.3 Å². The number of anilines is 1. The molecule has 11 heteroatoms. The van der Waals surface area contributed by atoms with Gasteiger partial charge in [0.2, 0.25) is 5.76 Å². The van der Waals surface area contributed by atoms with E-state index in [1.165, 1.54) is 49.6 Å². The number of amides is 4. The fourth-order valence-corrected chi connectivity index (χ4v) is 3.30. The summed E-state index contributed by atoms with van der Waals surface area (Å²) in [5.74, 6) is -1.71. The number of hydrogen-bond acceptors (Lipinski definition) is 7. The fourth-order valence-electron chi connectivity index (χ4n) is 3.30. The van der Waals surface area contributed by atoms with Gasteiger partial charge in [-0.1, -0.05) is 18.2 Å². The summed E-state index contributed by atoms with van der Waals surface area (Å²) in [5, 5.41) is 5.08. The highest BCUT2D eigenvalue weighted by atomic mass is 19.1. The van der Waals surface area contributed by atoms with Crippen LogP contribution in [-0.4, -0.2) is 42.4 Å². The third-order valence-electron chi connectivity index (χ3n) is 5.03. The lowest BCUT2D eigenvalue weighted by molar-refractivity contribution is -0.123. The number of furan rings is 1. The Morgan fingerprint density at radius 2 is 1.83 bits per heavy atom. The third kappa shape index (κ3) is 5.58. The lowest BCUT2D eigenvalue weighted by Crippen LogP contribution is -2.30. The molecule has 0 aliphatic carbocycles. The second kappa shape index (κ2) is 10.6. The lowest BCUT2D eigenvalue weighted by Gasteiger charge is -2.10. The highest BCUT2D eigenvalue weighted by molar-refractivity contribution is 6.14. The number of rotatable bonds is 8. The molecule has 36 heavy (non-hydrogen) atoms. The van der Waals surface area contributed by atoms with Gasteiger partial charge in [-0.25, -0.2) is 14.0 Å². The number of ether oxygens (including phenoxy) is 2. The minimum absolute atomic E-state index is 0.00781. The molecule has 0 bridgehead atoms. The molecule has 4 rings (SSSR count). The van der Waals surface area contributed by atoms with E-state index in [0.717, 1.165) is 4.90 Å². The van der Waals surface area contributed by atoms with Crippen LogP contribution in [0.1, 0.15) is 21.9 Å². The molecule has 2 heterocycles. The summed E-state index contributed by atoms with van der Waals surface area (Å²) in [6.07, 6.45) is 1.43. The minimum atomic E-state index is -0.679. The van der Waals surface area contributed by atoms with Crippen LogP contribution in [0.15, 0.2) is 70.8 Å². The van der Waals surface area contributed by atoms with Crippen LogP contribution in [0.2, 0.25) is 0 Å². The van der Waals surface area contributed by atoms with Crippen LogP contribution in [0.5, 0.6) is 5.75 Å². The Hall–Kier alpha value is -4.93. The van der Waals surface area contributed by atoms with Crippen molar-refractivity contribution in [1.82, 2.24) is 10.2 Å². The van der Waals surface area contributed by atoms with Gasteiger partial charge >= 0.3 is 12.0 Å². The number of imide groups is 1. The van der Waals surface area contributed by atoms with E-state index in [-0.39, 0.29) is 30.4 Å². The van der Waals surface area contributed by atoms with Gasteiger partial charge in [-0.15, -0.1) is 0 Å². The standard InChI is InChI=1S/C25H20FN3O7/c1-34-24(32)21-11-10-18(36-21)13-29-23(31)19(28-25(29)33)12-15-4-2-3-5-20(15)35-14-22(30)27-17-8-6-16(26)7-9-17/h2-12H,13-14H2,1H3,(H,27,30)(H,28,33). The van der Waals surface area contributed by atoms with Crippen LogP contribution in [-0.2, 0) is 20.9 Å². The highest BCUT2D eigenvalue weighted by Gasteiger charge is 2.34. The quantitative estimate of drug-likeness (QED) is 0.280. The highest BCUT2D eigenvalue weighted by Crippen LogP contribution is 2.24. The zero-order chi connectivity index (χ0) is 25.7. The molecular weight excluding hydrogens is 473 g/mol. The van der Waals surface area contributed by atoms with Crippen molar-refractivity contribution in [2.24, 2.45) is 0 Å². The summed E-state index contributed by atoms with van der Waals surface area (Å²) in [4.78, 5) is 49.9. The number of nitrogens with one attached hydrogen (secondary N) is 2. The summed E-state index contributed by atoms with van der Waals surface area (Å²) in [5.41, 5.74) is 0.852. The molecule has 0 atom stereocenters. The zero-order valence-corrected chi connectivity index (χ0v) is 18.9. The van der Waals surface area contributed by atoms with Gasteiger partial charge in [-0.3, -0.25) is 14.5 Å². The molecule has 0 spiro atoms. The Morgan fingerprint density at radius 3 is 2.58 bits per heavy atom. The summed E-state index contributed by atoms with van der Waals surface area (Å²) >= 11 is 0. The molecule has 1 aromatic heterocycles. The monoisotopic (exact) mass is 493 g/mol. The SMILES string of the molecule is COC(=O)c1ccc(CN2C(=O)NC(=Cc3ccccc3OCC(=O)Nc3ccc(F)cc3)C2=O)o1. The Labute approximate surface area is 204 Å². The molecule has 0 saturated carbocycles. The molecule has 2 aromatic carbocycles. The topological polar surface area (TPSA) is 127 Å². The van der Waals surface area contributed by atoms with Crippen LogP contribution in [0.4, 0.5) is 14.9 Å². The van der Waals surface area contributed by atoms with E-state index in [1.54, 1.807) is 24.3 Å². The molecule has 3 aromatic rings. The molecule has 184 valence electrons. The second-order valence-corrected chi connectivity index (χ2v) is 7.52. The summed E-state index contributed by atoms with van der Waals surface area (Å²) < 4.78 is 28.5. The average molecular weight is 493 g/mol. The molecule has 0 radical (unpaired) electrons. The fraction of sp³-hybridized carbons (Fsp3) is 0.120. The Morgan fingerprint density at radius 1 is 1.08 bits per heavy atom. The van der Waals surface area contributed by atoms with E-state index in [2.05, 4.69) is 15.4 Å². The molecule has 2 N–H and O–H groups in total. The number of urea groups is 1. The van der Waals surface area contributed by atoms with Gasteiger partial charge in [-0.05, 0) is 48.5 Å². The lowest BCUT2D eigenvalue weighted by atomic mass is 10.1. The Kier molecular flexibility index (Phi) is 7.10. The second-order valence-electron chi connectivity index (χ2n) is 7.52. The van der Waals surface area contributed by atoms with E-state index >= 15 is 0 Å². The molecule has 1 aliphatic heterocycles. The first-order valence-corrected chi connectivity index (χ1v) is 10.6. The van der Waals surface area contributed by atoms with Crippen LogP contribution >= 0.6 is 0 Å². The van der Waals surface area contributed by atoms with Crippen molar-refractivity contribution in [1.29, 1.82) is 0 Å². The number of para-hydroxylation sites is 1. The van der Waals surface area contributed by atoms with Crippen molar-refractivity contribution in [2.75, 3.05) is 19.0 Å².